The fourth-order valence-electron chi connectivity index (χ4n) is 1.64. The Morgan fingerprint density at radius 3 is 2.28 bits per heavy atom. The molecule has 102 valence electrons. The molecular weight excluding hydrogens is 248 g/mol. The van der Waals surface area contributed by atoms with Crippen LogP contribution in [0.1, 0.15) is 20.3 Å². The van der Waals surface area contributed by atoms with Gasteiger partial charge in [0, 0.05) is 26.3 Å². The van der Waals surface area contributed by atoms with Crippen LogP contribution in [0.4, 0.5) is 5.69 Å². The van der Waals surface area contributed by atoms with Crippen LogP contribution >= 0.6 is 0 Å². The highest BCUT2D eigenvalue weighted by atomic mass is 32.2. The molecule has 0 saturated carbocycles. The summed E-state index contributed by atoms with van der Waals surface area (Å²) in [6.45, 7) is 4.66. The molecule has 0 radical (unpaired) electrons. The fourth-order valence-corrected chi connectivity index (χ4v) is 2.93. The number of benzene rings is 1. The van der Waals surface area contributed by atoms with Crippen LogP contribution < -0.4 is 5.32 Å². The first-order chi connectivity index (χ1) is 8.41. The average Bonchev–Trinajstić information content (AvgIpc) is 2.38. The molecule has 18 heavy (non-hydrogen) atoms. The molecule has 0 aliphatic heterocycles. The summed E-state index contributed by atoms with van der Waals surface area (Å²) in [7, 11) is 0.0730. The minimum absolute atomic E-state index is 0.340. The predicted molar refractivity (Wildman–Crippen MR) is 75.3 cm³/mol. The van der Waals surface area contributed by atoms with Gasteiger partial charge in [0.2, 0.25) is 10.0 Å². The van der Waals surface area contributed by atoms with Crippen molar-refractivity contribution in [2.24, 2.45) is 5.92 Å². The maximum absolute atomic E-state index is 12.3. The van der Waals surface area contributed by atoms with Crippen molar-refractivity contribution >= 4 is 15.7 Å². The van der Waals surface area contributed by atoms with Crippen LogP contribution in [0, 0.1) is 5.92 Å². The van der Waals surface area contributed by atoms with Gasteiger partial charge in [-0.15, -0.1) is 0 Å². The summed E-state index contributed by atoms with van der Waals surface area (Å²) < 4.78 is 26.0. The third-order valence-electron chi connectivity index (χ3n) is 3.12. The van der Waals surface area contributed by atoms with Gasteiger partial charge in [0.1, 0.15) is 0 Å². The Hall–Kier alpha value is -1.07. The molecule has 1 unspecified atom stereocenters. The molecule has 0 heterocycles. The number of rotatable bonds is 6. The molecule has 0 amide bonds. The molecule has 0 aliphatic carbocycles. The first-order valence-corrected chi connectivity index (χ1v) is 7.60. The second-order valence-electron chi connectivity index (χ2n) is 4.57. The molecule has 1 atom stereocenters. The van der Waals surface area contributed by atoms with Gasteiger partial charge < -0.3 is 5.32 Å². The Balaban J connectivity index is 2.90. The van der Waals surface area contributed by atoms with Crippen LogP contribution in [0.5, 0.6) is 0 Å². The zero-order valence-electron chi connectivity index (χ0n) is 11.5. The Morgan fingerprint density at radius 1 is 1.28 bits per heavy atom. The Kier molecular flexibility index (Phi) is 5.16. The normalized spacial score (nSPS) is 13.6. The van der Waals surface area contributed by atoms with Crippen molar-refractivity contribution in [2.75, 3.05) is 26.0 Å². The van der Waals surface area contributed by atoms with Crippen molar-refractivity contribution < 1.29 is 8.42 Å². The maximum Gasteiger partial charge on any atom is 0.242 e. The molecule has 1 aromatic carbocycles. The van der Waals surface area contributed by atoms with E-state index in [1.165, 1.54) is 4.31 Å². The minimum atomic E-state index is -3.36. The quantitative estimate of drug-likeness (QED) is 0.863. The van der Waals surface area contributed by atoms with Gasteiger partial charge in [0.25, 0.3) is 0 Å². The van der Waals surface area contributed by atoms with Gasteiger partial charge >= 0.3 is 0 Å². The van der Waals surface area contributed by atoms with E-state index in [-0.39, 0.29) is 0 Å². The van der Waals surface area contributed by atoms with E-state index in [4.69, 9.17) is 0 Å². The summed E-state index contributed by atoms with van der Waals surface area (Å²) in [4.78, 5) is 0.340. The average molecular weight is 270 g/mol. The van der Waals surface area contributed by atoms with E-state index in [1.807, 2.05) is 0 Å². The first-order valence-electron chi connectivity index (χ1n) is 6.16. The first kappa shape index (κ1) is 15.0. The number of hydrogen-bond acceptors (Lipinski definition) is 3. The second-order valence-corrected chi connectivity index (χ2v) is 6.62. The van der Waals surface area contributed by atoms with Crippen molar-refractivity contribution in [3.63, 3.8) is 0 Å². The summed E-state index contributed by atoms with van der Waals surface area (Å²) in [6, 6.07) is 6.80. The van der Waals surface area contributed by atoms with Crippen molar-refractivity contribution in [3.8, 4) is 0 Å². The molecule has 1 N–H and O–H groups in total. The lowest BCUT2D eigenvalue weighted by molar-refractivity contribution is 0.393. The van der Waals surface area contributed by atoms with Gasteiger partial charge in [-0.05, 0) is 30.2 Å². The van der Waals surface area contributed by atoms with Gasteiger partial charge in [-0.2, -0.15) is 0 Å². The van der Waals surface area contributed by atoms with E-state index in [1.54, 1.807) is 38.4 Å². The lowest BCUT2D eigenvalue weighted by atomic mass is 10.1. The highest BCUT2D eigenvalue weighted by Crippen LogP contribution is 2.18. The lowest BCUT2D eigenvalue weighted by Crippen LogP contribution is -2.31. The van der Waals surface area contributed by atoms with Gasteiger partial charge in [-0.25, -0.2) is 12.7 Å². The molecule has 0 saturated heterocycles. The molecule has 0 bridgehead atoms. The van der Waals surface area contributed by atoms with E-state index >= 15 is 0 Å². The molecule has 1 rings (SSSR count). The van der Waals surface area contributed by atoms with E-state index in [0.29, 0.717) is 17.4 Å². The highest BCUT2D eigenvalue weighted by molar-refractivity contribution is 7.89. The number of hydrogen-bond donors (Lipinski definition) is 1. The Morgan fingerprint density at radius 2 is 1.83 bits per heavy atom. The third kappa shape index (κ3) is 3.46. The largest absolute Gasteiger partial charge is 0.388 e. The maximum atomic E-state index is 12.3. The molecular formula is C13H22N2O2S. The van der Waals surface area contributed by atoms with E-state index in [9.17, 15) is 8.42 Å². The van der Waals surface area contributed by atoms with Gasteiger partial charge in [-0.1, -0.05) is 20.3 Å². The minimum Gasteiger partial charge on any atom is -0.388 e. The number of anilines is 1. The summed E-state index contributed by atoms with van der Waals surface area (Å²) >= 11 is 0. The van der Waals surface area contributed by atoms with Crippen LogP contribution in [-0.2, 0) is 10.0 Å². The van der Waals surface area contributed by atoms with Crippen LogP contribution in [0.3, 0.4) is 0 Å². The van der Waals surface area contributed by atoms with E-state index in [2.05, 4.69) is 19.2 Å². The molecule has 0 spiro atoms. The highest BCUT2D eigenvalue weighted by Gasteiger charge is 2.21. The molecule has 0 fully saturated rings. The smallest absolute Gasteiger partial charge is 0.242 e. The summed E-state index contributed by atoms with van der Waals surface area (Å²) in [5, 5.41) is 2.97. The number of nitrogens with one attached hydrogen (secondary N) is 1. The van der Waals surface area contributed by atoms with Gasteiger partial charge in [-0.3, -0.25) is 0 Å². The van der Waals surface area contributed by atoms with Crippen molar-refractivity contribution in [2.45, 2.75) is 25.2 Å². The SMILES string of the molecule is CCC(C)CN(C)S(=O)(=O)c1ccc(NC)cc1. The lowest BCUT2D eigenvalue weighted by Gasteiger charge is -2.20. The summed E-state index contributed by atoms with van der Waals surface area (Å²) in [5.74, 6) is 0.362. The predicted octanol–water partition coefficient (Wildman–Crippen LogP) is 2.39. The third-order valence-corrected chi connectivity index (χ3v) is 4.95. The zero-order chi connectivity index (χ0) is 13.8. The van der Waals surface area contributed by atoms with Crippen LogP contribution in [-0.4, -0.2) is 33.4 Å². The van der Waals surface area contributed by atoms with Gasteiger partial charge in [0.15, 0.2) is 0 Å². The van der Waals surface area contributed by atoms with Crippen molar-refractivity contribution in [3.05, 3.63) is 24.3 Å². The van der Waals surface area contributed by atoms with Crippen molar-refractivity contribution in [1.29, 1.82) is 0 Å². The van der Waals surface area contributed by atoms with E-state index in [0.717, 1.165) is 12.1 Å². The molecule has 0 aliphatic rings. The molecule has 1 aromatic rings. The summed E-state index contributed by atoms with van der Waals surface area (Å²) in [6.07, 6.45) is 0.971. The number of nitrogens with zero attached hydrogens (tertiary/aromatic N) is 1. The van der Waals surface area contributed by atoms with Crippen molar-refractivity contribution in [1.82, 2.24) is 4.31 Å². The summed E-state index contributed by atoms with van der Waals surface area (Å²) in [5.41, 5.74) is 0.901. The molecule has 0 aromatic heterocycles. The topological polar surface area (TPSA) is 49.4 Å². The van der Waals surface area contributed by atoms with Crippen LogP contribution in [0.15, 0.2) is 29.2 Å². The van der Waals surface area contributed by atoms with Gasteiger partial charge in [0.05, 0.1) is 4.90 Å². The van der Waals surface area contributed by atoms with E-state index < -0.39 is 10.0 Å². The molecule has 4 nitrogen and oxygen atoms in total. The Labute approximate surface area is 110 Å². The second kappa shape index (κ2) is 6.20. The standard InChI is InChI=1S/C13H22N2O2S/c1-5-11(2)10-15(4)18(16,17)13-8-6-12(14-3)7-9-13/h6-9,11,14H,5,10H2,1-4H3. The van der Waals surface area contributed by atoms with Crippen LogP contribution in [0.2, 0.25) is 0 Å². The molecule has 5 heteroatoms. The monoisotopic (exact) mass is 270 g/mol. The zero-order valence-corrected chi connectivity index (χ0v) is 12.3. The number of sulfonamides is 1. The van der Waals surface area contributed by atoms with Crippen LogP contribution in [0.25, 0.3) is 0 Å². The Bertz CT molecular complexity index is 468. The fraction of sp³-hybridized carbons (Fsp3) is 0.538.